The highest BCUT2D eigenvalue weighted by Gasteiger charge is 2.36. The molecule has 0 bridgehead atoms. The third-order valence-electron chi connectivity index (χ3n) is 5.06. The van der Waals surface area contributed by atoms with Crippen LogP contribution in [0.4, 0.5) is 14.5 Å². The molecule has 0 saturated carbocycles. The number of H-pyrrole nitrogens is 1. The summed E-state index contributed by atoms with van der Waals surface area (Å²) in [5.74, 6) is -2.66. The Morgan fingerprint density at radius 3 is 2.86 bits per heavy atom. The quantitative estimate of drug-likeness (QED) is 0.711. The van der Waals surface area contributed by atoms with Gasteiger partial charge in [0.05, 0.1) is 11.6 Å². The molecule has 2 heterocycles. The van der Waals surface area contributed by atoms with Crippen LogP contribution in [0.15, 0.2) is 48.7 Å². The molecule has 5 nitrogen and oxygen atoms in total. The number of carbonyl (C=O) groups is 2. The minimum Gasteiger partial charge on any atom is -0.361 e. The van der Waals surface area contributed by atoms with Crippen molar-refractivity contribution in [1.82, 2.24) is 10.3 Å². The zero-order chi connectivity index (χ0) is 19.7. The topological polar surface area (TPSA) is 65.2 Å². The van der Waals surface area contributed by atoms with Crippen molar-refractivity contribution in [2.75, 3.05) is 18.0 Å². The zero-order valence-electron chi connectivity index (χ0n) is 15.0. The molecule has 1 aliphatic rings. The number of nitrogens with zero attached hydrogens (tertiary/aromatic N) is 1. The van der Waals surface area contributed by atoms with E-state index in [2.05, 4.69) is 10.3 Å². The van der Waals surface area contributed by atoms with Crippen molar-refractivity contribution < 1.29 is 18.4 Å². The summed E-state index contributed by atoms with van der Waals surface area (Å²) in [7, 11) is 0. The van der Waals surface area contributed by atoms with E-state index in [0.29, 0.717) is 13.0 Å². The molecule has 2 amide bonds. The lowest BCUT2D eigenvalue weighted by atomic mass is 10.1. The van der Waals surface area contributed by atoms with E-state index in [1.807, 2.05) is 30.5 Å². The van der Waals surface area contributed by atoms with Gasteiger partial charge in [-0.25, -0.2) is 8.78 Å². The molecular formula is C21H19F2N3O2. The van der Waals surface area contributed by atoms with Crippen molar-refractivity contribution in [3.05, 3.63) is 65.9 Å². The van der Waals surface area contributed by atoms with Crippen LogP contribution in [0, 0.1) is 17.6 Å². The maximum Gasteiger partial charge on any atom is 0.227 e. The number of nitrogens with one attached hydrogen (secondary N) is 2. The van der Waals surface area contributed by atoms with E-state index in [-0.39, 0.29) is 30.5 Å². The minimum absolute atomic E-state index is 0.000456. The summed E-state index contributed by atoms with van der Waals surface area (Å²) < 4.78 is 27.0. The highest BCUT2D eigenvalue weighted by atomic mass is 19.1. The van der Waals surface area contributed by atoms with Crippen LogP contribution in [0.2, 0.25) is 0 Å². The van der Waals surface area contributed by atoms with Crippen LogP contribution < -0.4 is 10.2 Å². The molecule has 1 fully saturated rings. The van der Waals surface area contributed by atoms with Gasteiger partial charge in [0.15, 0.2) is 0 Å². The van der Waals surface area contributed by atoms with Crippen LogP contribution in [-0.2, 0) is 16.0 Å². The number of fused-ring (bicyclic) bond motifs is 1. The number of benzene rings is 2. The van der Waals surface area contributed by atoms with E-state index in [4.69, 9.17) is 0 Å². The Morgan fingerprint density at radius 2 is 2.04 bits per heavy atom. The third-order valence-corrected chi connectivity index (χ3v) is 5.06. The molecule has 28 heavy (non-hydrogen) atoms. The van der Waals surface area contributed by atoms with E-state index in [1.165, 1.54) is 11.0 Å². The van der Waals surface area contributed by atoms with Crippen LogP contribution in [0.1, 0.15) is 12.0 Å². The van der Waals surface area contributed by atoms with Crippen molar-refractivity contribution in [2.45, 2.75) is 12.8 Å². The number of carbonyl (C=O) groups excluding carboxylic acids is 2. The molecule has 2 N–H and O–H groups in total. The number of aromatic amines is 1. The fourth-order valence-corrected chi connectivity index (χ4v) is 3.62. The first kappa shape index (κ1) is 18.2. The Morgan fingerprint density at radius 1 is 1.21 bits per heavy atom. The van der Waals surface area contributed by atoms with E-state index in [0.717, 1.165) is 28.6 Å². The smallest absolute Gasteiger partial charge is 0.227 e. The fourth-order valence-electron chi connectivity index (χ4n) is 3.62. The Balaban J connectivity index is 1.36. The Hall–Kier alpha value is -3.22. The summed E-state index contributed by atoms with van der Waals surface area (Å²) >= 11 is 0. The molecule has 4 rings (SSSR count). The standard InChI is InChI=1S/C21H19F2N3O2/c22-15-5-6-19(17(23)10-15)26-12-14(9-20(26)27)21(28)24-8-7-13-11-25-18-4-2-1-3-16(13)18/h1-6,10-11,14,25H,7-9,12H2,(H,24,28). The second kappa shape index (κ2) is 7.42. The van der Waals surface area contributed by atoms with Gasteiger partial charge < -0.3 is 15.2 Å². The summed E-state index contributed by atoms with van der Waals surface area (Å²) in [4.78, 5) is 29.1. The maximum atomic E-state index is 14.0. The molecule has 1 saturated heterocycles. The zero-order valence-corrected chi connectivity index (χ0v) is 15.0. The first-order chi connectivity index (χ1) is 13.5. The number of para-hydroxylation sites is 1. The summed E-state index contributed by atoms with van der Waals surface area (Å²) in [6.07, 6.45) is 2.59. The van der Waals surface area contributed by atoms with Crippen molar-refractivity contribution in [2.24, 2.45) is 5.92 Å². The van der Waals surface area contributed by atoms with Crippen LogP contribution >= 0.6 is 0 Å². The van der Waals surface area contributed by atoms with Crippen molar-refractivity contribution in [1.29, 1.82) is 0 Å². The molecule has 0 spiro atoms. The van der Waals surface area contributed by atoms with Crippen LogP contribution in [0.3, 0.4) is 0 Å². The molecule has 144 valence electrons. The van der Waals surface area contributed by atoms with Crippen molar-refractivity contribution in [3.8, 4) is 0 Å². The van der Waals surface area contributed by atoms with Gasteiger partial charge in [0.1, 0.15) is 11.6 Å². The van der Waals surface area contributed by atoms with Crippen LogP contribution in [0.25, 0.3) is 10.9 Å². The molecule has 0 radical (unpaired) electrons. The second-order valence-electron chi connectivity index (χ2n) is 6.90. The predicted molar refractivity (Wildman–Crippen MR) is 102 cm³/mol. The van der Waals surface area contributed by atoms with Gasteiger partial charge in [0.2, 0.25) is 11.8 Å². The van der Waals surface area contributed by atoms with Crippen LogP contribution in [-0.4, -0.2) is 29.9 Å². The Labute approximate surface area is 160 Å². The summed E-state index contributed by atoms with van der Waals surface area (Å²) in [6, 6.07) is 11.0. The number of amides is 2. The fraction of sp³-hybridized carbons (Fsp3) is 0.238. The van der Waals surface area contributed by atoms with Gasteiger partial charge in [-0.1, -0.05) is 18.2 Å². The summed E-state index contributed by atoms with van der Waals surface area (Å²) in [6.45, 7) is 0.524. The monoisotopic (exact) mass is 383 g/mol. The molecule has 2 aromatic carbocycles. The predicted octanol–water partition coefficient (Wildman–Crippen LogP) is 3.16. The van der Waals surface area contributed by atoms with Gasteiger partial charge in [-0.3, -0.25) is 9.59 Å². The number of hydrogen-bond acceptors (Lipinski definition) is 2. The maximum absolute atomic E-state index is 14.0. The van der Waals surface area contributed by atoms with E-state index >= 15 is 0 Å². The molecule has 7 heteroatoms. The number of halogens is 2. The Bertz CT molecular complexity index is 1050. The highest BCUT2D eigenvalue weighted by Crippen LogP contribution is 2.28. The van der Waals surface area contributed by atoms with E-state index < -0.39 is 17.6 Å². The molecule has 1 atom stereocenters. The first-order valence-corrected chi connectivity index (χ1v) is 9.11. The SMILES string of the molecule is O=C(NCCc1c[nH]c2ccccc12)C1CC(=O)N(c2ccc(F)cc2F)C1. The average Bonchev–Trinajstić information content (AvgIpc) is 3.26. The normalized spacial score (nSPS) is 16.7. The number of rotatable bonds is 5. The number of hydrogen-bond donors (Lipinski definition) is 2. The highest BCUT2D eigenvalue weighted by molar-refractivity contribution is 6.00. The molecule has 1 aliphatic heterocycles. The van der Waals surface area contributed by atoms with Crippen molar-refractivity contribution >= 4 is 28.4 Å². The Kier molecular flexibility index (Phi) is 4.81. The van der Waals surface area contributed by atoms with Crippen molar-refractivity contribution in [3.63, 3.8) is 0 Å². The lowest BCUT2D eigenvalue weighted by molar-refractivity contribution is -0.126. The summed E-state index contributed by atoms with van der Waals surface area (Å²) in [5.41, 5.74) is 2.15. The molecule has 3 aromatic rings. The van der Waals surface area contributed by atoms with Gasteiger partial charge in [0, 0.05) is 42.7 Å². The summed E-state index contributed by atoms with van der Waals surface area (Å²) in [5, 5.41) is 3.97. The molecular weight excluding hydrogens is 364 g/mol. The van der Waals surface area contributed by atoms with Gasteiger partial charge in [-0.15, -0.1) is 0 Å². The van der Waals surface area contributed by atoms with Crippen LogP contribution in [0.5, 0.6) is 0 Å². The second-order valence-corrected chi connectivity index (χ2v) is 6.90. The van der Waals surface area contributed by atoms with Gasteiger partial charge >= 0.3 is 0 Å². The van der Waals surface area contributed by atoms with Gasteiger partial charge in [-0.2, -0.15) is 0 Å². The minimum atomic E-state index is -0.811. The number of aromatic nitrogens is 1. The van der Waals surface area contributed by atoms with E-state index in [1.54, 1.807) is 0 Å². The molecule has 0 aliphatic carbocycles. The van der Waals surface area contributed by atoms with Gasteiger partial charge in [-0.05, 0) is 30.2 Å². The number of anilines is 1. The first-order valence-electron chi connectivity index (χ1n) is 9.11. The molecule has 1 unspecified atom stereocenters. The van der Waals surface area contributed by atoms with E-state index in [9.17, 15) is 18.4 Å². The van der Waals surface area contributed by atoms with Gasteiger partial charge in [0.25, 0.3) is 0 Å². The largest absolute Gasteiger partial charge is 0.361 e. The average molecular weight is 383 g/mol. The molecule has 1 aromatic heterocycles. The lowest BCUT2D eigenvalue weighted by Crippen LogP contribution is -2.34. The lowest BCUT2D eigenvalue weighted by Gasteiger charge is -2.17. The third kappa shape index (κ3) is 3.47.